The first-order chi connectivity index (χ1) is 12.0. The van der Waals surface area contributed by atoms with Crippen LogP contribution in [-0.4, -0.2) is 33.3 Å². The lowest BCUT2D eigenvalue weighted by atomic mass is 10.2. The van der Waals surface area contributed by atoms with Gasteiger partial charge in [0.25, 0.3) is 5.91 Å². The summed E-state index contributed by atoms with van der Waals surface area (Å²) in [5.74, 6) is 0.801. The highest BCUT2D eigenvalue weighted by Gasteiger charge is 2.15. The summed E-state index contributed by atoms with van der Waals surface area (Å²) in [5, 5.41) is 9.39. The van der Waals surface area contributed by atoms with Crippen LogP contribution in [0.2, 0.25) is 0 Å². The lowest BCUT2D eigenvalue weighted by Gasteiger charge is -2.14. The van der Waals surface area contributed by atoms with Gasteiger partial charge in [-0.2, -0.15) is 0 Å². The number of benzene rings is 2. The first-order valence-electron chi connectivity index (χ1n) is 8.15. The minimum absolute atomic E-state index is 0.0112. The molecular weight excluding hydrogens is 318 g/mol. The SMILES string of the molecule is Cc1cccc2c1nc(CCO)n2-c1cccc(O[C@H](C)C(N)=O)c1. The predicted octanol–water partition coefficient (Wildman–Crippen LogP) is 2.12. The lowest BCUT2D eigenvalue weighted by Crippen LogP contribution is -2.30. The minimum Gasteiger partial charge on any atom is -0.481 e. The first-order valence-corrected chi connectivity index (χ1v) is 8.15. The van der Waals surface area contributed by atoms with Crippen LogP contribution in [0.15, 0.2) is 42.5 Å². The van der Waals surface area contributed by atoms with Crippen molar-refractivity contribution in [1.29, 1.82) is 0 Å². The van der Waals surface area contributed by atoms with E-state index in [-0.39, 0.29) is 6.61 Å². The molecule has 1 aromatic heterocycles. The lowest BCUT2D eigenvalue weighted by molar-refractivity contribution is -0.123. The molecule has 0 saturated carbocycles. The number of hydrogen-bond acceptors (Lipinski definition) is 4. The van der Waals surface area contributed by atoms with E-state index in [9.17, 15) is 9.90 Å². The molecule has 0 aliphatic rings. The molecule has 3 N–H and O–H groups in total. The summed E-state index contributed by atoms with van der Waals surface area (Å²) in [4.78, 5) is 15.9. The van der Waals surface area contributed by atoms with Crippen LogP contribution >= 0.6 is 0 Å². The van der Waals surface area contributed by atoms with Gasteiger partial charge in [-0.25, -0.2) is 4.98 Å². The van der Waals surface area contributed by atoms with Crippen LogP contribution in [0.3, 0.4) is 0 Å². The van der Waals surface area contributed by atoms with E-state index >= 15 is 0 Å². The molecule has 0 aliphatic heterocycles. The zero-order chi connectivity index (χ0) is 18.0. The molecule has 0 aliphatic carbocycles. The van der Waals surface area contributed by atoms with Crippen molar-refractivity contribution in [2.45, 2.75) is 26.4 Å². The van der Waals surface area contributed by atoms with E-state index in [2.05, 4.69) is 4.98 Å². The van der Waals surface area contributed by atoms with E-state index in [1.165, 1.54) is 0 Å². The van der Waals surface area contributed by atoms with Gasteiger partial charge in [0.1, 0.15) is 11.6 Å². The third-order valence-electron chi connectivity index (χ3n) is 4.08. The number of aryl methyl sites for hydroxylation is 1. The number of aromatic nitrogens is 2. The summed E-state index contributed by atoms with van der Waals surface area (Å²) in [6.07, 6.45) is -0.273. The molecular formula is C19H21N3O3. The highest BCUT2D eigenvalue weighted by Crippen LogP contribution is 2.26. The average Bonchev–Trinajstić information content (AvgIpc) is 2.95. The normalized spacial score (nSPS) is 12.3. The fraction of sp³-hybridized carbons (Fsp3) is 0.263. The van der Waals surface area contributed by atoms with Crippen molar-refractivity contribution in [3.05, 3.63) is 53.9 Å². The number of aliphatic hydroxyl groups excluding tert-OH is 1. The quantitative estimate of drug-likeness (QED) is 0.720. The van der Waals surface area contributed by atoms with Crippen LogP contribution in [-0.2, 0) is 11.2 Å². The van der Waals surface area contributed by atoms with Crippen LogP contribution in [0.25, 0.3) is 16.7 Å². The molecule has 0 saturated heterocycles. The van der Waals surface area contributed by atoms with Gasteiger partial charge in [-0.05, 0) is 37.6 Å². The number of amides is 1. The number of fused-ring (bicyclic) bond motifs is 1. The second-order valence-corrected chi connectivity index (χ2v) is 5.94. The Labute approximate surface area is 145 Å². The van der Waals surface area contributed by atoms with Gasteiger partial charge in [-0.3, -0.25) is 9.36 Å². The molecule has 1 heterocycles. The maximum absolute atomic E-state index is 11.2. The van der Waals surface area contributed by atoms with Crippen molar-refractivity contribution in [1.82, 2.24) is 9.55 Å². The standard InChI is InChI=1S/C19H21N3O3/c1-12-5-3-8-16-18(12)21-17(9-10-23)22(16)14-6-4-7-15(11-14)25-13(2)19(20)24/h3-8,11,13,23H,9-10H2,1-2H3,(H2,20,24)/t13-/m1/s1. The molecule has 0 fully saturated rings. The van der Waals surface area contributed by atoms with Crippen LogP contribution in [0.4, 0.5) is 0 Å². The van der Waals surface area contributed by atoms with Gasteiger partial charge in [0.15, 0.2) is 6.10 Å². The Bertz CT molecular complexity index is 917. The number of rotatable bonds is 6. The van der Waals surface area contributed by atoms with Gasteiger partial charge in [0.05, 0.1) is 23.3 Å². The number of aliphatic hydroxyl groups is 1. The summed E-state index contributed by atoms with van der Waals surface area (Å²) in [6.45, 7) is 3.63. The number of carbonyl (C=O) groups is 1. The molecule has 25 heavy (non-hydrogen) atoms. The number of ether oxygens (including phenoxy) is 1. The maximum Gasteiger partial charge on any atom is 0.258 e. The Hall–Kier alpha value is -2.86. The minimum atomic E-state index is -0.714. The highest BCUT2D eigenvalue weighted by molar-refractivity contribution is 5.81. The summed E-state index contributed by atoms with van der Waals surface area (Å²) in [6, 6.07) is 13.4. The van der Waals surface area contributed by atoms with E-state index in [0.717, 1.165) is 28.1 Å². The Kier molecular flexibility index (Phi) is 4.72. The molecule has 0 radical (unpaired) electrons. The second kappa shape index (κ2) is 6.94. The van der Waals surface area contributed by atoms with Crippen LogP contribution in [0.1, 0.15) is 18.3 Å². The van der Waals surface area contributed by atoms with Gasteiger partial charge in [0, 0.05) is 12.5 Å². The van der Waals surface area contributed by atoms with Gasteiger partial charge in [-0.1, -0.05) is 18.2 Å². The van der Waals surface area contributed by atoms with Crippen molar-refractivity contribution in [2.75, 3.05) is 6.61 Å². The number of primary amides is 1. The Balaban J connectivity index is 2.11. The van der Waals surface area contributed by atoms with Gasteiger partial charge in [0.2, 0.25) is 0 Å². The summed E-state index contributed by atoms with van der Waals surface area (Å²) >= 11 is 0. The zero-order valence-electron chi connectivity index (χ0n) is 14.3. The second-order valence-electron chi connectivity index (χ2n) is 5.94. The molecule has 0 bridgehead atoms. The van der Waals surface area contributed by atoms with Gasteiger partial charge in [-0.15, -0.1) is 0 Å². The maximum atomic E-state index is 11.2. The molecule has 6 heteroatoms. The third-order valence-corrected chi connectivity index (χ3v) is 4.08. The smallest absolute Gasteiger partial charge is 0.258 e. The summed E-state index contributed by atoms with van der Waals surface area (Å²) in [7, 11) is 0. The molecule has 3 aromatic rings. The topological polar surface area (TPSA) is 90.4 Å². The van der Waals surface area contributed by atoms with E-state index in [1.54, 1.807) is 13.0 Å². The molecule has 2 aromatic carbocycles. The Morgan fingerprint density at radius 1 is 1.32 bits per heavy atom. The Morgan fingerprint density at radius 2 is 2.08 bits per heavy atom. The molecule has 6 nitrogen and oxygen atoms in total. The van der Waals surface area contributed by atoms with E-state index < -0.39 is 12.0 Å². The number of imidazole rings is 1. The van der Waals surface area contributed by atoms with Crippen molar-refractivity contribution >= 4 is 16.9 Å². The van der Waals surface area contributed by atoms with Gasteiger partial charge >= 0.3 is 0 Å². The van der Waals surface area contributed by atoms with Crippen molar-refractivity contribution in [3.63, 3.8) is 0 Å². The molecule has 0 unspecified atom stereocenters. The average molecular weight is 339 g/mol. The summed E-state index contributed by atoms with van der Waals surface area (Å²) < 4.78 is 7.59. The first kappa shape index (κ1) is 17.0. The van der Waals surface area contributed by atoms with Crippen molar-refractivity contribution < 1.29 is 14.6 Å². The fourth-order valence-corrected chi connectivity index (χ4v) is 2.80. The van der Waals surface area contributed by atoms with E-state index in [1.807, 2.05) is 47.9 Å². The van der Waals surface area contributed by atoms with Crippen LogP contribution in [0, 0.1) is 6.92 Å². The van der Waals surface area contributed by atoms with Crippen LogP contribution in [0.5, 0.6) is 5.75 Å². The van der Waals surface area contributed by atoms with Crippen molar-refractivity contribution in [3.8, 4) is 11.4 Å². The number of nitrogens with two attached hydrogens (primary N) is 1. The fourth-order valence-electron chi connectivity index (χ4n) is 2.80. The summed E-state index contributed by atoms with van der Waals surface area (Å²) in [5.41, 5.74) is 9.06. The monoisotopic (exact) mass is 339 g/mol. The molecule has 130 valence electrons. The highest BCUT2D eigenvalue weighted by atomic mass is 16.5. The Morgan fingerprint density at radius 3 is 2.80 bits per heavy atom. The largest absolute Gasteiger partial charge is 0.481 e. The molecule has 0 spiro atoms. The van der Waals surface area contributed by atoms with E-state index in [4.69, 9.17) is 10.5 Å². The number of para-hydroxylation sites is 1. The third kappa shape index (κ3) is 3.34. The predicted molar refractivity (Wildman–Crippen MR) is 95.9 cm³/mol. The molecule has 3 rings (SSSR count). The van der Waals surface area contributed by atoms with Crippen LogP contribution < -0.4 is 10.5 Å². The van der Waals surface area contributed by atoms with Crippen molar-refractivity contribution in [2.24, 2.45) is 5.73 Å². The number of nitrogens with zero attached hydrogens (tertiary/aromatic N) is 2. The number of hydrogen-bond donors (Lipinski definition) is 2. The number of carbonyl (C=O) groups excluding carboxylic acids is 1. The van der Waals surface area contributed by atoms with E-state index in [0.29, 0.717) is 12.2 Å². The molecule has 1 atom stereocenters. The molecule has 1 amide bonds. The van der Waals surface area contributed by atoms with Gasteiger partial charge < -0.3 is 15.6 Å². The zero-order valence-corrected chi connectivity index (χ0v) is 14.3.